The van der Waals surface area contributed by atoms with E-state index >= 15 is 0 Å². The lowest BCUT2D eigenvalue weighted by Gasteiger charge is -2.13. The number of unbranched alkanes of at least 4 members (excludes halogenated alkanes) is 1. The van der Waals surface area contributed by atoms with Crippen molar-refractivity contribution in [3.05, 3.63) is 46.4 Å². The summed E-state index contributed by atoms with van der Waals surface area (Å²) < 4.78 is 16.9. The van der Waals surface area contributed by atoms with Crippen LogP contribution in [0.15, 0.2) is 40.9 Å². The highest BCUT2D eigenvalue weighted by Crippen LogP contribution is 2.30. The number of hydrogen-bond donors (Lipinski definition) is 1. The average molecular weight is 408 g/mol. The van der Waals surface area contributed by atoms with Crippen LogP contribution in [0.25, 0.3) is 0 Å². The maximum absolute atomic E-state index is 12.5. The molecule has 25 heavy (non-hydrogen) atoms. The molecule has 0 saturated carbocycles. The molecule has 2 aromatic carbocycles. The summed E-state index contributed by atoms with van der Waals surface area (Å²) in [7, 11) is 3.12. The zero-order valence-electron chi connectivity index (χ0n) is 14.6. The molecule has 2 rings (SSSR count). The minimum atomic E-state index is -0.243. The van der Waals surface area contributed by atoms with E-state index in [9.17, 15) is 4.79 Å². The maximum atomic E-state index is 12.5. The Hall–Kier alpha value is -2.21. The molecule has 0 aromatic heterocycles. The summed E-state index contributed by atoms with van der Waals surface area (Å²) in [5.41, 5.74) is 1.06. The molecule has 0 fully saturated rings. The number of nitrogens with one attached hydrogen (secondary N) is 1. The monoisotopic (exact) mass is 407 g/mol. The van der Waals surface area contributed by atoms with Crippen molar-refractivity contribution >= 4 is 27.5 Å². The van der Waals surface area contributed by atoms with Crippen LogP contribution < -0.4 is 19.5 Å². The average Bonchev–Trinajstić information content (AvgIpc) is 2.63. The number of rotatable bonds is 8. The lowest BCUT2D eigenvalue weighted by molar-refractivity contribution is 0.102. The molecule has 5 nitrogen and oxygen atoms in total. The van der Waals surface area contributed by atoms with Crippen molar-refractivity contribution in [3.63, 3.8) is 0 Å². The van der Waals surface area contributed by atoms with Gasteiger partial charge in [-0.25, -0.2) is 0 Å². The highest BCUT2D eigenvalue weighted by molar-refractivity contribution is 9.10. The van der Waals surface area contributed by atoms with Crippen LogP contribution in [0, 0.1) is 0 Å². The van der Waals surface area contributed by atoms with E-state index in [2.05, 4.69) is 28.2 Å². The quantitative estimate of drug-likeness (QED) is 0.632. The van der Waals surface area contributed by atoms with Crippen LogP contribution in [0.4, 0.5) is 5.69 Å². The molecule has 0 radical (unpaired) electrons. The first-order valence-electron chi connectivity index (χ1n) is 8.04. The third-order valence-corrected chi connectivity index (χ3v) is 4.22. The SMILES string of the molecule is CCCCOc1ccc(C(=O)Nc2cc(OC)ccc2OC)cc1Br. The number of amides is 1. The number of benzene rings is 2. The number of hydrogen-bond acceptors (Lipinski definition) is 4. The molecule has 0 heterocycles. The third-order valence-electron chi connectivity index (χ3n) is 3.60. The van der Waals surface area contributed by atoms with Crippen molar-refractivity contribution in [2.24, 2.45) is 0 Å². The Morgan fingerprint density at radius 1 is 1.08 bits per heavy atom. The fourth-order valence-electron chi connectivity index (χ4n) is 2.19. The van der Waals surface area contributed by atoms with Gasteiger partial charge in [0.2, 0.25) is 0 Å². The first kappa shape index (κ1) is 19.1. The first-order chi connectivity index (χ1) is 12.1. The number of anilines is 1. The summed E-state index contributed by atoms with van der Waals surface area (Å²) in [5.74, 6) is 1.68. The zero-order chi connectivity index (χ0) is 18.2. The normalized spacial score (nSPS) is 10.2. The van der Waals surface area contributed by atoms with Crippen molar-refractivity contribution in [1.82, 2.24) is 0 Å². The fraction of sp³-hybridized carbons (Fsp3) is 0.316. The summed E-state index contributed by atoms with van der Waals surface area (Å²) in [6.07, 6.45) is 2.06. The van der Waals surface area contributed by atoms with Gasteiger partial charge in [-0.05, 0) is 52.7 Å². The van der Waals surface area contributed by atoms with Crippen molar-refractivity contribution in [2.45, 2.75) is 19.8 Å². The number of ether oxygens (including phenoxy) is 3. The fourth-order valence-corrected chi connectivity index (χ4v) is 2.69. The predicted molar refractivity (Wildman–Crippen MR) is 102 cm³/mol. The molecule has 0 aliphatic rings. The van der Waals surface area contributed by atoms with Crippen molar-refractivity contribution in [1.29, 1.82) is 0 Å². The molecule has 134 valence electrons. The smallest absolute Gasteiger partial charge is 0.255 e. The summed E-state index contributed by atoms with van der Waals surface area (Å²) in [6, 6.07) is 10.5. The standard InChI is InChI=1S/C19H22BrNO4/c1-4-5-10-25-17-8-6-13(11-15(17)20)19(22)21-16-12-14(23-2)7-9-18(16)24-3/h6-9,11-12H,4-5,10H2,1-3H3,(H,21,22). The number of carbonyl (C=O) groups is 1. The van der Waals surface area contributed by atoms with E-state index in [-0.39, 0.29) is 5.91 Å². The van der Waals surface area contributed by atoms with Crippen molar-refractivity contribution in [3.8, 4) is 17.2 Å². The number of halogens is 1. The predicted octanol–water partition coefficient (Wildman–Crippen LogP) is 4.90. The number of carbonyl (C=O) groups excluding carboxylic acids is 1. The van der Waals surface area contributed by atoms with Gasteiger partial charge in [-0.2, -0.15) is 0 Å². The first-order valence-corrected chi connectivity index (χ1v) is 8.84. The largest absolute Gasteiger partial charge is 0.497 e. The Morgan fingerprint density at radius 3 is 2.48 bits per heavy atom. The third kappa shape index (κ3) is 5.13. The second-order valence-corrected chi connectivity index (χ2v) is 6.22. The Labute approximate surface area is 156 Å². The van der Waals surface area contributed by atoms with Crippen molar-refractivity contribution < 1.29 is 19.0 Å². The van der Waals surface area contributed by atoms with Crippen LogP contribution in [0.3, 0.4) is 0 Å². The molecule has 0 spiro atoms. The van der Waals surface area contributed by atoms with E-state index in [0.29, 0.717) is 29.4 Å². The van der Waals surface area contributed by atoms with Crippen LogP contribution in [-0.4, -0.2) is 26.7 Å². The summed E-state index contributed by atoms with van der Waals surface area (Å²) in [6.45, 7) is 2.76. The maximum Gasteiger partial charge on any atom is 0.255 e. The molecule has 0 unspecified atom stereocenters. The van der Waals surface area contributed by atoms with E-state index in [4.69, 9.17) is 14.2 Å². The van der Waals surface area contributed by atoms with Gasteiger partial charge in [-0.3, -0.25) is 4.79 Å². The van der Waals surface area contributed by atoms with Gasteiger partial charge in [-0.15, -0.1) is 0 Å². The Kier molecular flexibility index (Phi) is 7.13. The van der Waals surface area contributed by atoms with Crippen LogP contribution in [0.5, 0.6) is 17.2 Å². The minimum absolute atomic E-state index is 0.243. The Balaban J connectivity index is 2.14. The van der Waals surface area contributed by atoms with Gasteiger partial charge in [-0.1, -0.05) is 13.3 Å². The molecule has 1 N–H and O–H groups in total. The molecule has 0 atom stereocenters. The second kappa shape index (κ2) is 9.32. The molecule has 1 amide bonds. The van der Waals surface area contributed by atoms with Crippen molar-refractivity contribution in [2.75, 3.05) is 26.1 Å². The molecule has 0 aliphatic heterocycles. The molecule has 6 heteroatoms. The van der Waals surface area contributed by atoms with Gasteiger partial charge in [0, 0.05) is 11.6 Å². The highest BCUT2D eigenvalue weighted by atomic mass is 79.9. The molecule has 2 aromatic rings. The highest BCUT2D eigenvalue weighted by Gasteiger charge is 2.13. The van der Waals surface area contributed by atoms with Gasteiger partial charge in [0.1, 0.15) is 17.2 Å². The van der Waals surface area contributed by atoms with E-state index < -0.39 is 0 Å². The topological polar surface area (TPSA) is 56.8 Å². The lowest BCUT2D eigenvalue weighted by Crippen LogP contribution is -2.13. The summed E-state index contributed by atoms with van der Waals surface area (Å²) in [4.78, 5) is 12.5. The van der Waals surface area contributed by atoms with Gasteiger partial charge in [0.15, 0.2) is 0 Å². The van der Waals surface area contributed by atoms with Gasteiger partial charge in [0.05, 0.1) is 31.0 Å². The zero-order valence-corrected chi connectivity index (χ0v) is 16.2. The van der Waals surface area contributed by atoms with E-state index in [1.165, 1.54) is 0 Å². The van der Waals surface area contributed by atoms with E-state index in [0.717, 1.165) is 23.1 Å². The minimum Gasteiger partial charge on any atom is -0.497 e. The Morgan fingerprint density at radius 2 is 1.84 bits per heavy atom. The van der Waals surface area contributed by atoms with Gasteiger partial charge >= 0.3 is 0 Å². The van der Waals surface area contributed by atoms with Crippen LogP contribution in [0.1, 0.15) is 30.1 Å². The van der Waals surface area contributed by atoms with Crippen LogP contribution in [0.2, 0.25) is 0 Å². The lowest BCUT2D eigenvalue weighted by atomic mass is 10.2. The van der Waals surface area contributed by atoms with E-state index in [1.807, 2.05) is 0 Å². The molecular formula is C19H22BrNO4. The summed E-state index contributed by atoms with van der Waals surface area (Å²) >= 11 is 3.45. The Bertz CT molecular complexity index is 733. The molecular weight excluding hydrogens is 386 g/mol. The van der Waals surface area contributed by atoms with Gasteiger partial charge < -0.3 is 19.5 Å². The second-order valence-electron chi connectivity index (χ2n) is 5.37. The molecule has 0 bridgehead atoms. The van der Waals surface area contributed by atoms with E-state index in [1.54, 1.807) is 50.6 Å². The van der Waals surface area contributed by atoms with Crippen LogP contribution >= 0.6 is 15.9 Å². The van der Waals surface area contributed by atoms with Gasteiger partial charge in [0.25, 0.3) is 5.91 Å². The molecule has 0 saturated heterocycles. The molecule has 0 aliphatic carbocycles. The van der Waals surface area contributed by atoms with Crippen LogP contribution in [-0.2, 0) is 0 Å². The number of methoxy groups -OCH3 is 2. The summed E-state index contributed by atoms with van der Waals surface area (Å²) in [5, 5.41) is 2.85.